The molecule has 0 radical (unpaired) electrons. The number of carboxylic acids is 1. The number of pyridine rings is 1. The summed E-state index contributed by atoms with van der Waals surface area (Å²) in [5, 5.41) is 19.1. The predicted molar refractivity (Wildman–Crippen MR) is 57.0 cm³/mol. The van der Waals surface area contributed by atoms with Crippen LogP contribution in [0.15, 0.2) is 21.8 Å². The number of hydrogen-bond donors (Lipinski definition) is 1. The average molecular weight is 293 g/mol. The van der Waals surface area contributed by atoms with Crippen molar-refractivity contribution in [2.75, 3.05) is 5.75 Å². The topological polar surface area (TPSA) is 93.3 Å². The summed E-state index contributed by atoms with van der Waals surface area (Å²) in [5.74, 6) is -1.26. The number of hydrogen-bond acceptors (Lipinski definition) is 5. The minimum atomic E-state index is -1.03. The molecule has 1 aromatic heterocycles. The molecule has 0 saturated heterocycles. The first kappa shape index (κ1) is 11.9. The van der Waals surface area contributed by atoms with Crippen LogP contribution in [0.4, 0.5) is 5.69 Å². The van der Waals surface area contributed by atoms with Crippen molar-refractivity contribution in [3.63, 3.8) is 0 Å². The zero-order valence-electron chi connectivity index (χ0n) is 7.21. The van der Waals surface area contributed by atoms with Crippen molar-refractivity contribution in [1.82, 2.24) is 4.98 Å². The summed E-state index contributed by atoms with van der Waals surface area (Å²) >= 11 is 3.97. The van der Waals surface area contributed by atoms with Gasteiger partial charge in [0.15, 0.2) is 0 Å². The molecule has 6 nitrogen and oxygen atoms in total. The fraction of sp³-hybridized carbons (Fsp3) is 0.143. The number of nitrogens with zero attached hydrogens (tertiary/aromatic N) is 2. The van der Waals surface area contributed by atoms with Crippen LogP contribution in [0.5, 0.6) is 0 Å². The van der Waals surface area contributed by atoms with E-state index in [1.165, 1.54) is 6.20 Å². The van der Waals surface area contributed by atoms with Gasteiger partial charge >= 0.3 is 11.7 Å². The summed E-state index contributed by atoms with van der Waals surface area (Å²) in [5.41, 5.74) is -0.198. The lowest BCUT2D eigenvalue weighted by Gasteiger charge is -2.02. The predicted octanol–water partition coefficient (Wildman–Crippen LogP) is 1.93. The Bertz CT molecular complexity index is 412. The largest absolute Gasteiger partial charge is 0.481 e. The summed E-state index contributed by atoms with van der Waals surface area (Å²) in [7, 11) is 0. The highest BCUT2D eigenvalue weighted by Gasteiger charge is 2.18. The fourth-order valence-electron chi connectivity index (χ4n) is 0.820. The molecule has 0 aliphatic rings. The van der Waals surface area contributed by atoms with E-state index in [0.717, 1.165) is 18.0 Å². The second-order valence-corrected chi connectivity index (χ2v) is 4.25. The van der Waals surface area contributed by atoms with Gasteiger partial charge in [0, 0.05) is 6.20 Å². The minimum Gasteiger partial charge on any atom is -0.481 e. The highest BCUT2D eigenvalue weighted by atomic mass is 79.9. The standard InChI is InChI=1S/C7H5BrN2O4S/c8-4-1-9-2-5(10(13)14)7(4)15-3-6(11)12/h1-2H,3H2,(H,11,12). The number of halogens is 1. The van der Waals surface area contributed by atoms with Gasteiger partial charge < -0.3 is 5.11 Å². The van der Waals surface area contributed by atoms with Crippen LogP contribution in [-0.4, -0.2) is 26.7 Å². The van der Waals surface area contributed by atoms with Gasteiger partial charge in [-0.1, -0.05) is 0 Å². The Kier molecular flexibility index (Phi) is 4.04. The maximum absolute atomic E-state index is 10.6. The van der Waals surface area contributed by atoms with E-state index in [-0.39, 0.29) is 16.3 Å². The summed E-state index contributed by atoms with van der Waals surface area (Å²) < 4.78 is 0.419. The van der Waals surface area contributed by atoms with E-state index in [1.54, 1.807) is 0 Å². The fourth-order valence-corrected chi connectivity index (χ4v) is 2.22. The zero-order valence-corrected chi connectivity index (χ0v) is 9.62. The van der Waals surface area contributed by atoms with Crippen molar-refractivity contribution in [1.29, 1.82) is 0 Å². The third-order valence-electron chi connectivity index (χ3n) is 1.37. The zero-order chi connectivity index (χ0) is 11.4. The highest BCUT2D eigenvalue weighted by molar-refractivity contribution is 9.10. The summed E-state index contributed by atoms with van der Waals surface area (Å²) in [6, 6.07) is 0. The first-order valence-electron chi connectivity index (χ1n) is 3.65. The number of aliphatic carboxylic acids is 1. The average Bonchev–Trinajstić information content (AvgIpc) is 2.15. The maximum Gasteiger partial charge on any atom is 0.313 e. The Morgan fingerprint density at radius 3 is 2.87 bits per heavy atom. The van der Waals surface area contributed by atoms with Gasteiger partial charge in [-0.3, -0.25) is 19.9 Å². The molecule has 8 heteroatoms. The van der Waals surface area contributed by atoms with E-state index in [0.29, 0.717) is 4.47 Å². The SMILES string of the molecule is O=C(O)CSc1c(Br)cncc1[N+](=O)[O-]. The van der Waals surface area contributed by atoms with Crippen molar-refractivity contribution in [2.24, 2.45) is 0 Å². The molecule has 0 fully saturated rings. The first-order valence-corrected chi connectivity index (χ1v) is 5.42. The molecule has 1 heterocycles. The van der Waals surface area contributed by atoms with Gasteiger partial charge in [-0.05, 0) is 15.9 Å². The molecule has 0 bridgehead atoms. The van der Waals surface area contributed by atoms with Gasteiger partial charge in [0.05, 0.1) is 15.1 Å². The number of aromatic nitrogens is 1. The van der Waals surface area contributed by atoms with Crippen molar-refractivity contribution in [3.05, 3.63) is 27.0 Å². The second-order valence-electron chi connectivity index (χ2n) is 2.41. The molecule has 0 aliphatic heterocycles. The van der Waals surface area contributed by atoms with Crippen LogP contribution in [-0.2, 0) is 4.79 Å². The number of nitro groups is 1. The monoisotopic (exact) mass is 292 g/mol. The molecule has 0 aliphatic carbocycles. The molecule has 80 valence electrons. The lowest BCUT2D eigenvalue weighted by Crippen LogP contribution is -2.00. The molecular weight excluding hydrogens is 288 g/mol. The van der Waals surface area contributed by atoms with Crippen molar-refractivity contribution >= 4 is 39.3 Å². The van der Waals surface area contributed by atoms with Gasteiger partial charge in [-0.2, -0.15) is 0 Å². The van der Waals surface area contributed by atoms with Crippen LogP contribution in [0.2, 0.25) is 0 Å². The van der Waals surface area contributed by atoms with Gasteiger partial charge in [0.2, 0.25) is 0 Å². The summed E-state index contributed by atoms with van der Waals surface area (Å²) in [6.45, 7) is 0. The molecule has 1 rings (SSSR count). The molecule has 0 aromatic carbocycles. The Morgan fingerprint density at radius 2 is 2.33 bits per heavy atom. The van der Waals surface area contributed by atoms with E-state index in [9.17, 15) is 14.9 Å². The number of carbonyl (C=O) groups is 1. The normalized spacial score (nSPS) is 9.93. The number of rotatable bonds is 4. The van der Waals surface area contributed by atoms with E-state index >= 15 is 0 Å². The summed E-state index contributed by atoms with van der Waals surface area (Å²) in [6.07, 6.45) is 2.48. The Labute approximate surface area is 97.0 Å². The van der Waals surface area contributed by atoms with Crippen LogP contribution in [0.1, 0.15) is 0 Å². The van der Waals surface area contributed by atoms with Crippen molar-refractivity contribution < 1.29 is 14.8 Å². The third kappa shape index (κ3) is 3.17. The van der Waals surface area contributed by atoms with Gasteiger partial charge in [0.1, 0.15) is 11.1 Å². The van der Waals surface area contributed by atoms with Crippen molar-refractivity contribution in [2.45, 2.75) is 4.90 Å². The van der Waals surface area contributed by atoms with E-state index in [2.05, 4.69) is 20.9 Å². The van der Waals surface area contributed by atoms with Gasteiger partial charge in [0.25, 0.3) is 0 Å². The number of thioether (sulfide) groups is 1. The molecule has 0 unspecified atom stereocenters. The minimum absolute atomic E-state index is 0.198. The Balaban J connectivity index is 3.02. The number of carboxylic acid groups (broad SMARTS) is 1. The Morgan fingerprint density at radius 1 is 1.67 bits per heavy atom. The van der Waals surface area contributed by atoms with Gasteiger partial charge in [-0.15, -0.1) is 11.8 Å². The Hall–Kier alpha value is -1.15. The second kappa shape index (κ2) is 5.08. The van der Waals surface area contributed by atoms with Crippen LogP contribution in [0.3, 0.4) is 0 Å². The lowest BCUT2D eigenvalue weighted by molar-refractivity contribution is -0.388. The van der Waals surface area contributed by atoms with E-state index < -0.39 is 10.9 Å². The molecular formula is C7H5BrN2O4S. The highest BCUT2D eigenvalue weighted by Crippen LogP contribution is 2.34. The first-order chi connectivity index (χ1) is 7.02. The van der Waals surface area contributed by atoms with Crippen LogP contribution >= 0.6 is 27.7 Å². The molecule has 0 atom stereocenters. The smallest absolute Gasteiger partial charge is 0.313 e. The summed E-state index contributed by atoms with van der Waals surface area (Å²) in [4.78, 5) is 24.3. The molecule has 0 amide bonds. The molecule has 1 N–H and O–H groups in total. The van der Waals surface area contributed by atoms with Crippen LogP contribution < -0.4 is 0 Å². The van der Waals surface area contributed by atoms with Gasteiger partial charge in [-0.25, -0.2) is 0 Å². The molecule has 0 saturated carbocycles. The van der Waals surface area contributed by atoms with Crippen LogP contribution in [0.25, 0.3) is 0 Å². The lowest BCUT2D eigenvalue weighted by atomic mass is 10.4. The van der Waals surface area contributed by atoms with E-state index in [1.807, 2.05) is 0 Å². The molecule has 1 aromatic rings. The van der Waals surface area contributed by atoms with Crippen LogP contribution in [0, 0.1) is 10.1 Å². The quantitative estimate of drug-likeness (QED) is 0.518. The molecule has 0 spiro atoms. The maximum atomic E-state index is 10.6. The van der Waals surface area contributed by atoms with Crippen molar-refractivity contribution in [3.8, 4) is 0 Å². The third-order valence-corrected chi connectivity index (χ3v) is 3.34. The van der Waals surface area contributed by atoms with E-state index in [4.69, 9.17) is 5.11 Å². The molecule has 15 heavy (non-hydrogen) atoms.